The van der Waals surface area contributed by atoms with Crippen molar-refractivity contribution in [1.82, 2.24) is 24.5 Å². The largest absolute Gasteiger partial charge is 0.347 e. The molecule has 0 saturated carbocycles. The number of nitrogens with one attached hydrogen (secondary N) is 1. The molecule has 0 amide bonds. The fourth-order valence-corrected chi connectivity index (χ4v) is 5.05. The minimum atomic E-state index is -0.301. The number of benzene rings is 1. The first kappa shape index (κ1) is 22.9. The van der Waals surface area contributed by atoms with Gasteiger partial charge in [-0.1, -0.05) is 30.7 Å². The van der Waals surface area contributed by atoms with E-state index in [2.05, 4.69) is 29.8 Å². The third-order valence-corrected chi connectivity index (χ3v) is 6.64. The van der Waals surface area contributed by atoms with Crippen LogP contribution in [0.1, 0.15) is 44.8 Å². The van der Waals surface area contributed by atoms with E-state index in [0.717, 1.165) is 29.6 Å². The van der Waals surface area contributed by atoms with Gasteiger partial charge in [0.1, 0.15) is 17.5 Å². The number of allylic oxidation sites excluding steroid dienone is 1. The number of aliphatic imine (C=N–C) groups is 1. The molecule has 0 aliphatic carbocycles. The number of fused-ring (bicyclic) bond motifs is 2. The lowest BCUT2D eigenvalue weighted by Gasteiger charge is -2.29. The lowest BCUT2D eigenvalue weighted by molar-refractivity contribution is 0.661. The van der Waals surface area contributed by atoms with E-state index in [0.29, 0.717) is 40.2 Å². The maximum absolute atomic E-state index is 13.9. The number of nitrogens with zero attached hydrogens (tertiary/aromatic N) is 6. The van der Waals surface area contributed by atoms with Gasteiger partial charge in [0.25, 0.3) is 11.1 Å². The highest BCUT2D eigenvalue weighted by molar-refractivity contribution is 6.35. The summed E-state index contributed by atoms with van der Waals surface area (Å²) >= 11 is 6.47. The van der Waals surface area contributed by atoms with Crippen LogP contribution < -0.4 is 16.0 Å². The lowest BCUT2D eigenvalue weighted by atomic mass is 10.0. The molecule has 0 spiro atoms. The molecule has 5 rings (SSSR count). The van der Waals surface area contributed by atoms with Crippen molar-refractivity contribution in [1.29, 1.82) is 0 Å². The van der Waals surface area contributed by atoms with E-state index in [1.54, 1.807) is 23.0 Å². The molecule has 0 unspecified atom stereocenters. The van der Waals surface area contributed by atoms with E-state index in [1.807, 2.05) is 32.0 Å². The molecule has 35 heavy (non-hydrogen) atoms. The topological polar surface area (TPSA) is 109 Å². The molecular weight excluding hydrogens is 466 g/mol. The molecule has 1 aromatic carbocycles. The Balaban J connectivity index is 1.79. The zero-order chi connectivity index (χ0) is 24.5. The summed E-state index contributed by atoms with van der Waals surface area (Å²) in [6, 6.07) is 7.26. The van der Waals surface area contributed by atoms with Gasteiger partial charge in [-0.25, -0.2) is 15.0 Å². The molecule has 9 nitrogen and oxygen atoms in total. The van der Waals surface area contributed by atoms with Crippen LogP contribution in [0.5, 0.6) is 0 Å². The Kier molecular flexibility index (Phi) is 6.17. The molecule has 0 bridgehead atoms. The van der Waals surface area contributed by atoms with E-state index in [9.17, 15) is 9.59 Å². The summed E-state index contributed by atoms with van der Waals surface area (Å²) in [7, 11) is 0. The van der Waals surface area contributed by atoms with Crippen molar-refractivity contribution in [3.05, 3.63) is 74.5 Å². The van der Waals surface area contributed by atoms with Crippen LogP contribution >= 0.6 is 11.6 Å². The van der Waals surface area contributed by atoms with Gasteiger partial charge < -0.3 is 9.88 Å². The van der Waals surface area contributed by atoms with Crippen LogP contribution in [0.2, 0.25) is 5.02 Å². The molecule has 1 fully saturated rings. The van der Waals surface area contributed by atoms with E-state index in [-0.39, 0.29) is 17.2 Å². The molecule has 4 heterocycles. The predicted octanol–water partition coefficient (Wildman–Crippen LogP) is 4.32. The second-order valence-corrected chi connectivity index (χ2v) is 8.68. The second-order valence-electron chi connectivity index (χ2n) is 8.27. The Bertz CT molecular complexity index is 1600. The van der Waals surface area contributed by atoms with E-state index < -0.39 is 0 Å². The van der Waals surface area contributed by atoms with Crippen LogP contribution in [0.3, 0.4) is 0 Å². The number of anilines is 1. The highest BCUT2D eigenvalue weighted by Gasteiger charge is 2.32. The van der Waals surface area contributed by atoms with Crippen molar-refractivity contribution in [2.24, 2.45) is 4.99 Å². The minimum absolute atomic E-state index is 0.193. The summed E-state index contributed by atoms with van der Waals surface area (Å²) in [5, 5.41) is 1.98. The van der Waals surface area contributed by atoms with Crippen molar-refractivity contribution in [3.63, 3.8) is 0 Å². The van der Waals surface area contributed by atoms with Gasteiger partial charge in [-0.05, 0) is 43.7 Å². The van der Waals surface area contributed by atoms with Crippen LogP contribution in [-0.4, -0.2) is 37.3 Å². The van der Waals surface area contributed by atoms with Crippen LogP contribution in [-0.2, 0) is 0 Å². The number of aromatic nitrogens is 5. The standard InChI is InChI=1S/C25H24ClN7O2/c1-3-16(12-27-4-2)33-19(11-15-7-5-8-17(26)20(15)25(33)35)18-9-6-10-32(18)23-21-22(28-13-30-23)29-14-31-24(21)34/h4-5,7-8,11-14,18H,3,6,9-10H2,1-2H3,(H,28,29,30,31,34)/b16-12+,27-4?/t18-/m0/s1. The Labute approximate surface area is 205 Å². The monoisotopic (exact) mass is 489 g/mol. The van der Waals surface area contributed by atoms with Crippen LogP contribution in [0.4, 0.5) is 5.82 Å². The average Bonchev–Trinajstić information content (AvgIpc) is 3.35. The van der Waals surface area contributed by atoms with E-state index in [1.165, 1.54) is 12.7 Å². The summed E-state index contributed by atoms with van der Waals surface area (Å²) in [5.41, 5.74) is 1.39. The molecule has 4 aromatic rings. The first-order chi connectivity index (χ1) is 17.0. The smallest absolute Gasteiger partial charge is 0.264 e. The molecule has 10 heteroatoms. The maximum atomic E-state index is 13.9. The molecule has 178 valence electrons. The quantitative estimate of drug-likeness (QED) is 0.418. The predicted molar refractivity (Wildman–Crippen MR) is 139 cm³/mol. The van der Waals surface area contributed by atoms with Gasteiger partial charge in [0.05, 0.1) is 22.8 Å². The van der Waals surface area contributed by atoms with Gasteiger partial charge in [0.2, 0.25) is 0 Å². The zero-order valence-electron chi connectivity index (χ0n) is 19.4. The molecule has 1 aliphatic rings. The summed E-state index contributed by atoms with van der Waals surface area (Å²) in [4.78, 5) is 48.4. The number of hydrogen-bond donors (Lipinski definition) is 1. The minimum Gasteiger partial charge on any atom is -0.347 e. The number of H-pyrrole nitrogens is 1. The van der Waals surface area contributed by atoms with Gasteiger partial charge in [-0.15, -0.1) is 0 Å². The normalized spacial score (nSPS) is 16.7. The Morgan fingerprint density at radius 2 is 2.11 bits per heavy atom. The molecule has 1 N–H and O–H groups in total. The average molecular weight is 490 g/mol. The summed E-state index contributed by atoms with van der Waals surface area (Å²) in [6.45, 7) is 4.49. The highest BCUT2D eigenvalue weighted by atomic mass is 35.5. The Hall–Kier alpha value is -3.85. The molecular formula is C25H24ClN7O2. The summed E-state index contributed by atoms with van der Waals surface area (Å²) in [6.07, 6.45) is 8.38. The second kappa shape index (κ2) is 9.42. The third kappa shape index (κ3) is 3.91. The van der Waals surface area contributed by atoms with Crippen molar-refractivity contribution in [3.8, 4) is 0 Å². The van der Waals surface area contributed by atoms with Crippen LogP contribution in [0.15, 0.2) is 57.7 Å². The summed E-state index contributed by atoms with van der Waals surface area (Å²) in [5.74, 6) is 0.505. The van der Waals surface area contributed by atoms with Crippen molar-refractivity contribution < 1.29 is 0 Å². The third-order valence-electron chi connectivity index (χ3n) is 6.33. The lowest BCUT2D eigenvalue weighted by Crippen LogP contribution is -2.32. The fourth-order valence-electron chi connectivity index (χ4n) is 4.79. The van der Waals surface area contributed by atoms with Gasteiger partial charge in [-0.2, -0.15) is 0 Å². The van der Waals surface area contributed by atoms with Crippen LogP contribution in [0.25, 0.3) is 27.5 Å². The van der Waals surface area contributed by atoms with Crippen molar-refractivity contribution in [2.75, 3.05) is 11.4 Å². The molecule has 1 atom stereocenters. The van der Waals surface area contributed by atoms with Gasteiger partial charge in [-0.3, -0.25) is 19.1 Å². The Morgan fingerprint density at radius 3 is 2.91 bits per heavy atom. The van der Waals surface area contributed by atoms with E-state index >= 15 is 0 Å². The van der Waals surface area contributed by atoms with Gasteiger partial charge >= 0.3 is 0 Å². The molecule has 3 aromatic heterocycles. The number of aromatic amines is 1. The van der Waals surface area contributed by atoms with Gasteiger partial charge in [0, 0.05) is 30.4 Å². The molecule has 1 aliphatic heterocycles. The number of rotatable bonds is 5. The maximum Gasteiger partial charge on any atom is 0.264 e. The van der Waals surface area contributed by atoms with E-state index in [4.69, 9.17) is 11.6 Å². The van der Waals surface area contributed by atoms with Crippen molar-refractivity contribution in [2.45, 2.75) is 39.2 Å². The molecule has 0 radical (unpaired) electrons. The first-order valence-corrected chi connectivity index (χ1v) is 11.9. The summed E-state index contributed by atoms with van der Waals surface area (Å²) < 4.78 is 1.72. The first-order valence-electron chi connectivity index (χ1n) is 11.5. The Morgan fingerprint density at radius 1 is 1.26 bits per heavy atom. The SMILES string of the molecule is CC=N/C=C(\CC)n1c([C@@H]2CCCN2c2ncnc3nc[nH]c(=O)c23)cc2cccc(Cl)c2c1=O. The molecule has 1 saturated heterocycles. The number of halogens is 1. The van der Waals surface area contributed by atoms with Crippen LogP contribution in [0, 0.1) is 0 Å². The number of hydrogen-bond acceptors (Lipinski definition) is 7. The zero-order valence-corrected chi connectivity index (χ0v) is 20.2. The highest BCUT2D eigenvalue weighted by Crippen LogP contribution is 2.38. The van der Waals surface area contributed by atoms with Gasteiger partial charge in [0.15, 0.2) is 5.65 Å². The van der Waals surface area contributed by atoms with Crippen molar-refractivity contribution >= 4 is 51.1 Å². The fraction of sp³-hybridized carbons (Fsp3) is 0.280. The number of pyridine rings is 1.